The van der Waals surface area contributed by atoms with Crippen molar-refractivity contribution < 1.29 is 12.8 Å². The minimum absolute atomic E-state index is 0.00688. The molecule has 2 rings (SSSR count). The smallest absolute Gasteiger partial charge is 0.243 e. The van der Waals surface area contributed by atoms with Crippen molar-refractivity contribution in [2.45, 2.75) is 38.1 Å². The Morgan fingerprint density at radius 3 is 2.50 bits per heavy atom. The number of hydrogen-bond acceptors (Lipinski definition) is 3. The van der Waals surface area contributed by atoms with Gasteiger partial charge in [0.15, 0.2) is 0 Å². The van der Waals surface area contributed by atoms with Gasteiger partial charge in [0.25, 0.3) is 0 Å². The number of sulfonamides is 1. The third kappa shape index (κ3) is 2.87. The van der Waals surface area contributed by atoms with Gasteiger partial charge in [-0.3, -0.25) is 0 Å². The molecule has 1 aliphatic rings. The Kier molecular flexibility index (Phi) is 4.46. The topological polar surface area (TPSA) is 63.4 Å². The first-order valence-electron chi connectivity index (χ1n) is 6.85. The lowest BCUT2D eigenvalue weighted by atomic mass is 10.0. The number of rotatable bonds is 3. The van der Waals surface area contributed by atoms with E-state index in [9.17, 15) is 12.8 Å². The third-order valence-corrected chi connectivity index (χ3v) is 5.78. The minimum Gasteiger partial charge on any atom is -0.326 e. The predicted molar refractivity (Wildman–Crippen MR) is 76.2 cm³/mol. The monoisotopic (exact) mass is 300 g/mol. The van der Waals surface area contributed by atoms with Crippen LogP contribution < -0.4 is 5.73 Å². The molecule has 0 spiro atoms. The normalized spacial score (nSPS) is 18.4. The molecule has 112 valence electrons. The van der Waals surface area contributed by atoms with Gasteiger partial charge in [-0.15, -0.1) is 0 Å². The fraction of sp³-hybridized carbons (Fsp3) is 0.571. The summed E-state index contributed by atoms with van der Waals surface area (Å²) in [5, 5.41) is 0. The van der Waals surface area contributed by atoms with Gasteiger partial charge < -0.3 is 5.73 Å². The van der Waals surface area contributed by atoms with Gasteiger partial charge in [-0.1, -0.05) is 6.92 Å². The SMILES string of the molecule is Cc1cc(S(=O)(=O)N2CCC(C)CC2)cc(CN)c1F. The van der Waals surface area contributed by atoms with E-state index in [0.717, 1.165) is 12.8 Å². The van der Waals surface area contributed by atoms with Crippen molar-refractivity contribution in [3.05, 3.63) is 29.1 Å². The van der Waals surface area contributed by atoms with Crippen molar-refractivity contribution in [2.75, 3.05) is 13.1 Å². The van der Waals surface area contributed by atoms with Crippen LogP contribution in [0.5, 0.6) is 0 Å². The molecule has 1 aromatic carbocycles. The van der Waals surface area contributed by atoms with Gasteiger partial charge >= 0.3 is 0 Å². The zero-order valence-electron chi connectivity index (χ0n) is 11.9. The highest BCUT2D eigenvalue weighted by atomic mass is 32.2. The number of benzene rings is 1. The van der Waals surface area contributed by atoms with Crippen LogP contribution >= 0.6 is 0 Å². The molecule has 1 saturated heterocycles. The summed E-state index contributed by atoms with van der Waals surface area (Å²) in [7, 11) is -3.55. The Morgan fingerprint density at radius 2 is 1.95 bits per heavy atom. The maximum Gasteiger partial charge on any atom is 0.243 e. The van der Waals surface area contributed by atoms with E-state index in [1.807, 2.05) is 0 Å². The lowest BCUT2D eigenvalue weighted by molar-refractivity contribution is 0.288. The highest BCUT2D eigenvalue weighted by molar-refractivity contribution is 7.89. The maximum absolute atomic E-state index is 13.8. The van der Waals surface area contributed by atoms with Crippen LogP contribution in [0.1, 0.15) is 30.9 Å². The second kappa shape index (κ2) is 5.79. The Balaban J connectivity index is 2.37. The molecule has 2 N–H and O–H groups in total. The molecular weight excluding hydrogens is 279 g/mol. The molecule has 0 aromatic heterocycles. The Morgan fingerprint density at radius 1 is 1.35 bits per heavy atom. The van der Waals surface area contributed by atoms with Gasteiger partial charge in [-0.05, 0) is 43.4 Å². The van der Waals surface area contributed by atoms with E-state index in [2.05, 4.69) is 6.92 Å². The first kappa shape index (κ1) is 15.4. The Labute approximate surface area is 119 Å². The number of hydrogen-bond donors (Lipinski definition) is 1. The Hall–Kier alpha value is -0.980. The first-order valence-corrected chi connectivity index (χ1v) is 8.29. The van der Waals surface area contributed by atoms with Crippen molar-refractivity contribution in [3.63, 3.8) is 0 Å². The van der Waals surface area contributed by atoms with Crippen LogP contribution in [-0.2, 0) is 16.6 Å². The molecule has 0 aliphatic carbocycles. The zero-order chi connectivity index (χ0) is 14.9. The largest absolute Gasteiger partial charge is 0.326 e. The van der Waals surface area contributed by atoms with Crippen LogP contribution in [0.2, 0.25) is 0 Å². The number of halogens is 1. The van der Waals surface area contributed by atoms with E-state index in [1.165, 1.54) is 16.4 Å². The zero-order valence-corrected chi connectivity index (χ0v) is 12.7. The fourth-order valence-electron chi connectivity index (χ4n) is 2.48. The Bertz CT molecular complexity index is 593. The summed E-state index contributed by atoms with van der Waals surface area (Å²) in [4.78, 5) is 0.145. The summed E-state index contributed by atoms with van der Waals surface area (Å²) in [5.41, 5.74) is 6.04. The summed E-state index contributed by atoms with van der Waals surface area (Å²) >= 11 is 0. The molecule has 6 heteroatoms. The highest BCUT2D eigenvalue weighted by Gasteiger charge is 2.28. The first-order chi connectivity index (χ1) is 9.36. The van der Waals surface area contributed by atoms with Crippen LogP contribution in [-0.4, -0.2) is 25.8 Å². The molecular formula is C14H21FN2O2S. The molecule has 0 radical (unpaired) electrons. The van der Waals surface area contributed by atoms with Gasteiger partial charge in [0.1, 0.15) is 5.82 Å². The standard InChI is InChI=1S/C14H21FN2O2S/c1-10-3-5-17(6-4-10)20(18,19)13-7-11(2)14(15)12(8-13)9-16/h7-8,10H,3-6,9,16H2,1-2H3. The van der Waals surface area contributed by atoms with Gasteiger partial charge in [-0.25, -0.2) is 12.8 Å². The van der Waals surface area contributed by atoms with Crippen molar-refractivity contribution >= 4 is 10.0 Å². The molecule has 20 heavy (non-hydrogen) atoms. The van der Waals surface area contributed by atoms with Crippen LogP contribution in [0, 0.1) is 18.7 Å². The van der Waals surface area contributed by atoms with Gasteiger partial charge in [-0.2, -0.15) is 4.31 Å². The van der Waals surface area contributed by atoms with Crippen LogP contribution in [0.3, 0.4) is 0 Å². The number of nitrogens with zero attached hydrogens (tertiary/aromatic N) is 1. The minimum atomic E-state index is -3.55. The lowest BCUT2D eigenvalue weighted by Gasteiger charge is -2.29. The van der Waals surface area contributed by atoms with E-state index in [0.29, 0.717) is 24.6 Å². The number of piperidine rings is 1. The second-order valence-electron chi connectivity index (χ2n) is 5.50. The third-order valence-electron chi connectivity index (χ3n) is 3.90. The van der Waals surface area contributed by atoms with Gasteiger partial charge in [0, 0.05) is 25.2 Å². The van der Waals surface area contributed by atoms with Crippen LogP contribution in [0.25, 0.3) is 0 Å². The van der Waals surface area contributed by atoms with Crippen molar-refractivity contribution in [1.82, 2.24) is 4.31 Å². The average molecular weight is 300 g/mol. The summed E-state index contributed by atoms with van der Waals surface area (Å²) in [6.45, 7) is 4.73. The van der Waals surface area contributed by atoms with Crippen LogP contribution in [0.15, 0.2) is 17.0 Å². The molecule has 0 bridgehead atoms. The van der Waals surface area contributed by atoms with E-state index in [1.54, 1.807) is 6.92 Å². The molecule has 1 heterocycles. The second-order valence-corrected chi connectivity index (χ2v) is 7.44. The molecule has 4 nitrogen and oxygen atoms in total. The van der Waals surface area contributed by atoms with Crippen molar-refractivity contribution in [3.8, 4) is 0 Å². The molecule has 1 aromatic rings. The molecule has 0 unspecified atom stereocenters. The highest BCUT2D eigenvalue weighted by Crippen LogP contribution is 2.26. The van der Waals surface area contributed by atoms with E-state index < -0.39 is 15.8 Å². The summed E-state index contributed by atoms with van der Waals surface area (Å²) < 4.78 is 40.4. The van der Waals surface area contributed by atoms with E-state index in [4.69, 9.17) is 5.73 Å². The molecule has 0 saturated carbocycles. The quantitative estimate of drug-likeness (QED) is 0.929. The fourth-order valence-corrected chi connectivity index (χ4v) is 4.09. The molecule has 1 fully saturated rings. The number of aryl methyl sites for hydroxylation is 1. The summed E-state index contributed by atoms with van der Waals surface area (Å²) in [6, 6.07) is 2.75. The molecule has 1 aliphatic heterocycles. The summed E-state index contributed by atoms with van der Waals surface area (Å²) in [6.07, 6.45) is 1.73. The van der Waals surface area contributed by atoms with Crippen molar-refractivity contribution in [1.29, 1.82) is 0 Å². The average Bonchev–Trinajstić information content (AvgIpc) is 2.42. The van der Waals surface area contributed by atoms with Crippen molar-refractivity contribution in [2.24, 2.45) is 11.7 Å². The van der Waals surface area contributed by atoms with Gasteiger partial charge in [0.2, 0.25) is 10.0 Å². The van der Waals surface area contributed by atoms with Crippen LogP contribution in [0.4, 0.5) is 4.39 Å². The number of nitrogens with two attached hydrogens (primary N) is 1. The maximum atomic E-state index is 13.8. The molecule has 0 amide bonds. The predicted octanol–water partition coefficient (Wildman–Crippen LogP) is 2.01. The van der Waals surface area contributed by atoms with Gasteiger partial charge in [0.05, 0.1) is 4.90 Å². The van der Waals surface area contributed by atoms with E-state index in [-0.39, 0.29) is 17.0 Å². The molecule has 0 atom stereocenters. The lowest BCUT2D eigenvalue weighted by Crippen LogP contribution is -2.38. The summed E-state index contributed by atoms with van der Waals surface area (Å²) in [5.74, 6) is 0.134. The van der Waals surface area contributed by atoms with E-state index >= 15 is 0 Å².